The van der Waals surface area contributed by atoms with Gasteiger partial charge in [0.05, 0.1) is 0 Å². The molecular weight excluding hydrogens is 376 g/mol. The van der Waals surface area contributed by atoms with Crippen LogP contribution in [0.15, 0.2) is 52.9 Å². The molecule has 1 aliphatic heterocycles. The number of amides is 1. The summed E-state index contributed by atoms with van der Waals surface area (Å²) < 4.78 is 6.13. The molecule has 1 amide bonds. The molecule has 1 aliphatic rings. The molecule has 0 spiro atoms. The van der Waals surface area contributed by atoms with E-state index in [0.29, 0.717) is 16.9 Å². The number of para-hydroxylation sites is 2. The zero-order valence-corrected chi connectivity index (χ0v) is 17.0. The first kappa shape index (κ1) is 18.6. The largest absolute Gasteiger partial charge is 0.450 e. The molecule has 0 atom stereocenters. The highest BCUT2D eigenvalue weighted by atomic mass is 16.3. The fraction of sp³-hybridized carbons (Fsp3) is 0.292. The van der Waals surface area contributed by atoms with Crippen LogP contribution in [0.5, 0.6) is 0 Å². The molecule has 4 aromatic rings. The zero-order chi connectivity index (χ0) is 20.5. The lowest BCUT2D eigenvalue weighted by Gasteiger charge is -2.27. The Morgan fingerprint density at radius 2 is 1.80 bits per heavy atom. The molecule has 1 saturated heterocycles. The monoisotopic (exact) mass is 400 g/mol. The molecule has 152 valence electrons. The topological polar surface area (TPSA) is 71.3 Å². The van der Waals surface area contributed by atoms with Crippen LogP contribution in [0.3, 0.4) is 0 Å². The minimum Gasteiger partial charge on any atom is -0.450 e. The van der Waals surface area contributed by atoms with Crippen molar-refractivity contribution in [2.45, 2.75) is 32.6 Å². The first-order chi connectivity index (χ1) is 14.7. The fourth-order valence-electron chi connectivity index (χ4n) is 4.13. The summed E-state index contributed by atoms with van der Waals surface area (Å²) in [5.41, 5.74) is 3.98. The van der Waals surface area contributed by atoms with Gasteiger partial charge in [0, 0.05) is 24.2 Å². The van der Waals surface area contributed by atoms with Crippen LogP contribution in [0, 0.1) is 0 Å². The Kier molecular flexibility index (Phi) is 4.83. The van der Waals surface area contributed by atoms with Gasteiger partial charge in [0.25, 0.3) is 5.91 Å². The number of furan rings is 1. The molecule has 3 heterocycles. The van der Waals surface area contributed by atoms with E-state index in [1.165, 1.54) is 6.42 Å². The normalized spacial score (nSPS) is 14.4. The third kappa shape index (κ3) is 3.28. The first-order valence-corrected chi connectivity index (χ1v) is 10.6. The van der Waals surface area contributed by atoms with Gasteiger partial charge in [-0.2, -0.15) is 0 Å². The number of nitrogens with one attached hydrogen (secondary N) is 1. The molecule has 0 radical (unpaired) electrons. The van der Waals surface area contributed by atoms with Gasteiger partial charge in [-0.15, -0.1) is 0 Å². The molecule has 0 aliphatic carbocycles. The predicted octanol–water partition coefficient (Wildman–Crippen LogP) is 5.18. The number of hydrogen-bond donors (Lipinski definition) is 1. The van der Waals surface area contributed by atoms with Gasteiger partial charge in [-0.1, -0.05) is 37.3 Å². The van der Waals surface area contributed by atoms with Gasteiger partial charge < -0.3 is 14.6 Å². The number of fused-ring (bicyclic) bond motifs is 3. The average Bonchev–Trinajstić information content (AvgIpc) is 3.18. The van der Waals surface area contributed by atoms with E-state index in [4.69, 9.17) is 4.42 Å². The summed E-state index contributed by atoms with van der Waals surface area (Å²) in [6.45, 7) is 3.88. The van der Waals surface area contributed by atoms with E-state index in [0.717, 1.165) is 54.6 Å². The Bertz CT molecular complexity index is 1220. The zero-order valence-electron chi connectivity index (χ0n) is 17.0. The molecule has 6 nitrogen and oxygen atoms in total. The molecule has 0 saturated carbocycles. The molecular formula is C24H24N4O2. The number of aryl methyl sites for hydroxylation is 1. The molecule has 1 fully saturated rings. The lowest BCUT2D eigenvalue weighted by Crippen LogP contribution is -2.31. The smallest absolute Gasteiger partial charge is 0.293 e. The lowest BCUT2D eigenvalue weighted by atomic mass is 10.1. The maximum absolute atomic E-state index is 13.1. The predicted molar refractivity (Wildman–Crippen MR) is 119 cm³/mol. The number of anilines is 2. The summed E-state index contributed by atoms with van der Waals surface area (Å²) in [4.78, 5) is 24.7. The SMILES string of the molecule is CCc1ccccc1NC(=O)c1nc(N2CCCCC2)c2oc3ccccc3c2n1. The number of rotatable bonds is 4. The standard InChI is InChI=1S/C24H24N4O2/c1-2-16-10-4-6-12-18(16)25-24(29)22-26-20-17-11-5-7-13-19(17)30-21(20)23(27-22)28-14-8-3-9-15-28/h4-7,10-13H,2-3,8-9,14-15H2,1H3,(H,25,29). The highest BCUT2D eigenvalue weighted by molar-refractivity contribution is 6.09. The minimum absolute atomic E-state index is 0.167. The summed E-state index contributed by atoms with van der Waals surface area (Å²) in [5, 5.41) is 3.90. The number of piperidine rings is 1. The van der Waals surface area contributed by atoms with E-state index in [1.807, 2.05) is 48.5 Å². The minimum atomic E-state index is -0.304. The van der Waals surface area contributed by atoms with Crippen LogP contribution < -0.4 is 10.2 Å². The number of aromatic nitrogens is 2. The third-order valence-corrected chi connectivity index (χ3v) is 5.71. The number of benzene rings is 2. The van der Waals surface area contributed by atoms with E-state index in [-0.39, 0.29) is 11.7 Å². The molecule has 2 aromatic heterocycles. The second kappa shape index (κ2) is 7.78. The Morgan fingerprint density at radius 3 is 2.63 bits per heavy atom. The van der Waals surface area contributed by atoms with Gasteiger partial charge in [0.1, 0.15) is 11.1 Å². The van der Waals surface area contributed by atoms with Gasteiger partial charge >= 0.3 is 0 Å². The molecule has 0 bridgehead atoms. The van der Waals surface area contributed by atoms with Crippen molar-refractivity contribution in [3.63, 3.8) is 0 Å². The average molecular weight is 400 g/mol. The van der Waals surface area contributed by atoms with E-state index in [1.54, 1.807) is 0 Å². The van der Waals surface area contributed by atoms with Crippen molar-refractivity contribution in [3.05, 3.63) is 59.9 Å². The molecule has 30 heavy (non-hydrogen) atoms. The maximum atomic E-state index is 13.1. The Hall–Kier alpha value is -3.41. The third-order valence-electron chi connectivity index (χ3n) is 5.71. The van der Waals surface area contributed by atoms with Crippen LogP contribution >= 0.6 is 0 Å². The highest BCUT2D eigenvalue weighted by Gasteiger charge is 2.24. The van der Waals surface area contributed by atoms with Gasteiger partial charge in [0.2, 0.25) is 5.82 Å². The van der Waals surface area contributed by atoms with Gasteiger partial charge in [0.15, 0.2) is 11.4 Å². The van der Waals surface area contributed by atoms with Crippen LogP contribution in [-0.4, -0.2) is 29.0 Å². The molecule has 2 aromatic carbocycles. The van der Waals surface area contributed by atoms with E-state index in [9.17, 15) is 4.79 Å². The maximum Gasteiger partial charge on any atom is 0.293 e. The number of hydrogen-bond acceptors (Lipinski definition) is 5. The quantitative estimate of drug-likeness (QED) is 0.511. The van der Waals surface area contributed by atoms with E-state index >= 15 is 0 Å². The molecule has 1 N–H and O–H groups in total. The fourth-order valence-corrected chi connectivity index (χ4v) is 4.13. The number of nitrogens with zero attached hydrogens (tertiary/aromatic N) is 3. The summed E-state index contributed by atoms with van der Waals surface area (Å²) in [6, 6.07) is 15.6. The lowest BCUT2D eigenvalue weighted by molar-refractivity contribution is 0.101. The molecule has 0 unspecified atom stereocenters. The van der Waals surface area contributed by atoms with Gasteiger partial charge in [-0.3, -0.25) is 4.79 Å². The van der Waals surface area contributed by atoms with Crippen LogP contribution in [0.2, 0.25) is 0 Å². The van der Waals surface area contributed by atoms with E-state index in [2.05, 4.69) is 27.1 Å². The van der Waals surface area contributed by atoms with Crippen molar-refractivity contribution >= 4 is 39.5 Å². The summed E-state index contributed by atoms with van der Waals surface area (Å²) in [5.74, 6) is 0.576. The second-order valence-electron chi connectivity index (χ2n) is 7.66. The highest BCUT2D eigenvalue weighted by Crippen LogP contribution is 2.34. The van der Waals surface area contributed by atoms with Crippen molar-refractivity contribution in [3.8, 4) is 0 Å². The van der Waals surface area contributed by atoms with Crippen molar-refractivity contribution in [1.29, 1.82) is 0 Å². The summed E-state index contributed by atoms with van der Waals surface area (Å²) in [7, 11) is 0. The van der Waals surface area contributed by atoms with Crippen molar-refractivity contribution in [2.24, 2.45) is 0 Å². The second-order valence-corrected chi connectivity index (χ2v) is 7.66. The van der Waals surface area contributed by atoms with Crippen LogP contribution in [-0.2, 0) is 6.42 Å². The summed E-state index contributed by atoms with van der Waals surface area (Å²) >= 11 is 0. The summed E-state index contributed by atoms with van der Waals surface area (Å²) in [6.07, 6.45) is 4.27. The van der Waals surface area contributed by atoms with Crippen molar-refractivity contribution in [1.82, 2.24) is 9.97 Å². The number of carbonyl (C=O) groups is 1. The van der Waals surface area contributed by atoms with Gasteiger partial charge in [-0.05, 0) is 49.4 Å². The first-order valence-electron chi connectivity index (χ1n) is 10.6. The van der Waals surface area contributed by atoms with Crippen LogP contribution in [0.1, 0.15) is 42.4 Å². The van der Waals surface area contributed by atoms with E-state index < -0.39 is 0 Å². The Morgan fingerprint density at radius 1 is 1.03 bits per heavy atom. The number of carbonyl (C=O) groups excluding carboxylic acids is 1. The van der Waals surface area contributed by atoms with Crippen LogP contribution in [0.25, 0.3) is 22.1 Å². The van der Waals surface area contributed by atoms with Crippen molar-refractivity contribution in [2.75, 3.05) is 23.3 Å². The van der Waals surface area contributed by atoms with Gasteiger partial charge in [-0.25, -0.2) is 9.97 Å². The molecule has 6 heteroatoms. The van der Waals surface area contributed by atoms with Crippen molar-refractivity contribution < 1.29 is 9.21 Å². The Balaban J connectivity index is 1.62. The Labute approximate surface area is 174 Å². The van der Waals surface area contributed by atoms with Crippen LogP contribution in [0.4, 0.5) is 11.5 Å². The molecule has 5 rings (SSSR count).